The first-order chi connectivity index (χ1) is 6.33. The van der Waals surface area contributed by atoms with E-state index in [2.05, 4.69) is 16.8 Å². The zero-order chi connectivity index (χ0) is 9.26. The van der Waals surface area contributed by atoms with Gasteiger partial charge in [-0.3, -0.25) is 4.79 Å². The lowest BCUT2D eigenvalue weighted by Crippen LogP contribution is -2.46. The number of carbonyl (C=O) groups excluding carboxylic acids is 1. The molecule has 0 radical (unpaired) electrons. The van der Waals surface area contributed by atoms with E-state index >= 15 is 0 Å². The highest BCUT2D eigenvalue weighted by Gasteiger charge is 2.26. The SMILES string of the molecule is CC1CCN1c1ncccc1C=O. The summed E-state index contributed by atoms with van der Waals surface area (Å²) in [5.74, 6) is 0.830. The third-order valence-corrected chi connectivity index (χ3v) is 2.54. The Bertz CT molecular complexity index is 324. The van der Waals surface area contributed by atoms with Gasteiger partial charge in [0.2, 0.25) is 0 Å². The molecule has 3 heteroatoms. The molecule has 0 bridgehead atoms. The van der Waals surface area contributed by atoms with E-state index in [0.717, 1.165) is 18.6 Å². The smallest absolute Gasteiger partial charge is 0.153 e. The van der Waals surface area contributed by atoms with Gasteiger partial charge in [0.25, 0.3) is 0 Å². The molecule has 1 saturated heterocycles. The Labute approximate surface area is 77.4 Å². The molecule has 2 rings (SSSR count). The number of nitrogens with zero attached hydrogens (tertiary/aromatic N) is 2. The predicted molar refractivity (Wildman–Crippen MR) is 51.0 cm³/mol. The Morgan fingerprint density at radius 3 is 3.08 bits per heavy atom. The van der Waals surface area contributed by atoms with Gasteiger partial charge in [-0.2, -0.15) is 0 Å². The molecule has 1 fully saturated rings. The average Bonchev–Trinajstić information content (AvgIpc) is 2.16. The molecule has 1 unspecified atom stereocenters. The third-order valence-electron chi connectivity index (χ3n) is 2.54. The standard InChI is InChI=1S/C10H12N2O/c1-8-4-6-12(8)10-9(7-13)3-2-5-11-10/h2-3,5,7-8H,4,6H2,1H3. The lowest BCUT2D eigenvalue weighted by molar-refractivity contribution is 0.112. The summed E-state index contributed by atoms with van der Waals surface area (Å²) in [7, 11) is 0. The van der Waals surface area contributed by atoms with Gasteiger partial charge in [0.05, 0.1) is 5.56 Å². The predicted octanol–water partition coefficient (Wildman–Crippen LogP) is 1.49. The van der Waals surface area contributed by atoms with Gasteiger partial charge in [-0.25, -0.2) is 4.98 Å². The number of carbonyl (C=O) groups is 1. The van der Waals surface area contributed by atoms with Crippen molar-refractivity contribution in [3.05, 3.63) is 23.9 Å². The molecule has 0 aromatic carbocycles. The van der Waals surface area contributed by atoms with Gasteiger partial charge in [-0.05, 0) is 25.5 Å². The number of aldehydes is 1. The van der Waals surface area contributed by atoms with Gasteiger partial charge in [-0.15, -0.1) is 0 Å². The van der Waals surface area contributed by atoms with Gasteiger partial charge in [0.15, 0.2) is 6.29 Å². The minimum atomic E-state index is 0.522. The summed E-state index contributed by atoms with van der Waals surface area (Å²) < 4.78 is 0. The number of pyridine rings is 1. The molecule has 68 valence electrons. The summed E-state index contributed by atoms with van der Waals surface area (Å²) in [6.45, 7) is 3.16. The van der Waals surface area contributed by atoms with Crippen LogP contribution in [0.1, 0.15) is 23.7 Å². The first kappa shape index (κ1) is 8.23. The minimum absolute atomic E-state index is 0.522. The Morgan fingerprint density at radius 1 is 1.69 bits per heavy atom. The lowest BCUT2D eigenvalue weighted by atomic mass is 10.0. The van der Waals surface area contributed by atoms with Crippen LogP contribution in [0.15, 0.2) is 18.3 Å². The number of rotatable bonds is 2. The molecule has 1 aromatic rings. The molecule has 0 spiro atoms. The van der Waals surface area contributed by atoms with Crippen molar-refractivity contribution in [2.75, 3.05) is 11.4 Å². The van der Waals surface area contributed by atoms with Gasteiger partial charge < -0.3 is 4.90 Å². The summed E-state index contributed by atoms with van der Waals surface area (Å²) in [5.41, 5.74) is 0.689. The van der Waals surface area contributed by atoms with Crippen molar-refractivity contribution < 1.29 is 4.79 Å². The number of hydrogen-bond donors (Lipinski definition) is 0. The van der Waals surface area contributed by atoms with E-state index in [1.165, 1.54) is 6.42 Å². The van der Waals surface area contributed by atoms with Crippen molar-refractivity contribution in [2.45, 2.75) is 19.4 Å². The summed E-state index contributed by atoms with van der Waals surface area (Å²) in [6.07, 6.45) is 3.79. The normalized spacial score (nSPS) is 21.0. The molecule has 3 nitrogen and oxygen atoms in total. The van der Waals surface area contributed by atoms with E-state index in [4.69, 9.17) is 0 Å². The Hall–Kier alpha value is -1.38. The second kappa shape index (κ2) is 3.17. The first-order valence-electron chi connectivity index (χ1n) is 4.50. The zero-order valence-corrected chi connectivity index (χ0v) is 7.60. The molecule has 1 aliphatic rings. The van der Waals surface area contributed by atoms with E-state index in [1.807, 2.05) is 0 Å². The first-order valence-corrected chi connectivity index (χ1v) is 4.50. The molecular formula is C10H12N2O. The molecule has 2 heterocycles. The van der Waals surface area contributed by atoms with Crippen LogP contribution in [0.4, 0.5) is 5.82 Å². The summed E-state index contributed by atoms with van der Waals surface area (Å²) in [4.78, 5) is 17.1. The molecular weight excluding hydrogens is 164 g/mol. The Kier molecular flexibility index (Phi) is 2.00. The van der Waals surface area contributed by atoms with Crippen LogP contribution >= 0.6 is 0 Å². The van der Waals surface area contributed by atoms with Crippen molar-refractivity contribution in [3.8, 4) is 0 Å². The average molecular weight is 176 g/mol. The summed E-state index contributed by atoms with van der Waals surface area (Å²) in [6, 6.07) is 4.12. The summed E-state index contributed by atoms with van der Waals surface area (Å²) in [5, 5.41) is 0. The van der Waals surface area contributed by atoms with E-state index in [1.54, 1.807) is 18.3 Å². The van der Waals surface area contributed by atoms with Crippen LogP contribution in [0.3, 0.4) is 0 Å². The van der Waals surface area contributed by atoms with Crippen LogP contribution < -0.4 is 4.90 Å². The van der Waals surface area contributed by atoms with E-state index < -0.39 is 0 Å². The fourth-order valence-electron chi connectivity index (χ4n) is 1.57. The number of hydrogen-bond acceptors (Lipinski definition) is 3. The second-order valence-electron chi connectivity index (χ2n) is 3.37. The van der Waals surface area contributed by atoms with E-state index in [-0.39, 0.29) is 0 Å². The second-order valence-corrected chi connectivity index (χ2v) is 3.37. The summed E-state index contributed by atoms with van der Waals surface area (Å²) >= 11 is 0. The molecule has 1 aromatic heterocycles. The monoisotopic (exact) mass is 176 g/mol. The van der Waals surface area contributed by atoms with Crippen LogP contribution in [0, 0.1) is 0 Å². The van der Waals surface area contributed by atoms with Crippen molar-refractivity contribution in [3.63, 3.8) is 0 Å². The van der Waals surface area contributed by atoms with Crippen LogP contribution in [-0.4, -0.2) is 23.9 Å². The molecule has 0 N–H and O–H groups in total. The minimum Gasteiger partial charge on any atom is -0.353 e. The molecule has 0 amide bonds. The van der Waals surface area contributed by atoms with Crippen LogP contribution in [0.5, 0.6) is 0 Å². The third kappa shape index (κ3) is 1.30. The lowest BCUT2D eigenvalue weighted by Gasteiger charge is -2.40. The maximum atomic E-state index is 10.7. The molecule has 1 atom stereocenters. The maximum Gasteiger partial charge on any atom is 0.153 e. The molecule has 1 aliphatic heterocycles. The topological polar surface area (TPSA) is 33.2 Å². The van der Waals surface area contributed by atoms with E-state index in [9.17, 15) is 4.79 Å². The fraction of sp³-hybridized carbons (Fsp3) is 0.400. The van der Waals surface area contributed by atoms with Gasteiger partial charge in [0.1, 0.15) is 5.82 Å². The van der Waals surface area contributed by atoms with Crippen molar-refractivity contribution >= 4 is 12.1 Å². The fourth-order valence-corrected chi connectivity index (χ4v) is 1.57. The zero-order valence-electron chi connectivity index (χ0n) is 7.60. The van der Waals surface area contributed by atoms with Crippen LogP contribution in [0.2, 0.25) is 0 Å². The highest BCUT2D eigenvalue weighted by molar-refractivity contribution is 5.83. The molecule has 0 aliphatic carbocycles. The van der Waals surface area contributed by atoms with Gasteiger partial charge >= 0.3 is 0 Å². The van der Waals surface area contributed by atoms with Gasteiger partial charge in [-0.1, -0.05) is 0 Å². The number of anilines is 1. The van der Waals surface area contributed by atoms with Crippen molar-refractivity contribution in [1.29, 1.82) is 0 Å². The highest BCUT2D eigenvalue weighted by Crippen LogP contribution is 2.25. The number of aromatic nitrogens is 1. The molecule has 13 heavy (non-hydrogen) atoms. The van der Waals surface area contributed by atoms with Crippen LogP contribution in [0.25, 0.3) is 0 Å². The quantitative estimate of drug-likeness (QED) is 0.640. The highest BCUT2D eigenvalue weighted by atomic mass is 16.1. The Morgan fingerprint density at radius 2 is 2.54 bits per heavy atom. The van der Waals surface area contributed by atoms with Gasteiger partial charge in [0, 0.05) is 18.8 Å². The van der Waals surface area contributed by atoms with Crippen molar-refractivity contribution in [2.24, 2.45) is 0 Å². The van der Waals surface area contributed by atoms with Crippen molar-refractivity contribution in [1.82, 2.24) is 4.98 Å². The largest absolute Gasteiger partial charge is 0.353 e. The van der Waals surface area contributed by atoms with Crippen LogP contribution in [-0.2, 0) is 0 Å². The Balaban J connectivity index is 2.33. The molecule has 0 saturated carbocycles. The maximum absolute atomic E-state index is 10.7. The van der Waals surface area contributed by atoms with E-state index in [0.29, 0.717) is 11.6 Å².